The van der Waals surface area contributed by atoms with Gasteiger partial charge in [0, 0.05) is 30.6 Å². The predicted octanol–water partition coefficient (Wildman–Crippen LogP) is 3.47. The monoisotopic (exact) mass is 426 g/mol. The van der Waals surface area contributed by atoms with E-state index in [-0.39, 0.29) is 23.1 Å². The summed E-state index contributed by atoms with van der Waals surface area (Å²) in [6.45, 7) is 6.80. The number of furan rings is 1. The molecule has 2 aliphatic heterocycles. The lowest BCUT2D eigenvalue weighted by molar-refractivity contribution is 0.0374. The van der Waals surface area contributed by atoms with Gasteiger partial charge in [-0.05, 0) is 57.7 Å². The summed E-state index contributed by atoms with van der Waals surface area (Å²) in [6.07, 6.45) is 5.34. The van der Waals surface area contributed by atoms with Crippen molar-refractivity contribution in [2.24, 2.45) is 0 Å². The van der Waals surface area contributed by atoms with Crippen molar-refractivity contribution in [3.8, 4) is 5.75 Å². The maximum atomic E-state index is 13.1. The molecular weight excluding hydrogens is 396 g/mol. The summed E-state index contributed by atoms with van der Waals surface area (Å²) < 4.78 is 17.6. The van der Waals surface area contributed by atoms with E-state index in [1.165, 1.54) is 0 Å². The standard InChI is InChI=1S/C24H30N2O5/c1-16-20-18(5-6-19-21(20)17(27)15-24(31-19)7-2-3-8-24)30-22(16)23(28)25-9-4-10-26-11-13-29-14-12-26/h5-6H,2-4,7-15H2,1H3,(H,25,28). The van der Waals surface area contributed by atoms with Crippen LogP contribution in [0.25, 0.3) is 11.0 Å². The van der Waals surface area contributed by atoms with Crippen LogP contribution >= 0.6 is 0 Å². The fraction of sp³-hybridized carbons (Fsp3) is 0.583. The van der Waals surface area contributed by atoms with Gasteiger partial charge in [-0.25, -0.2) is 0 Å². The van der Waals surface area contributed by atoms with Crippen LogP contribution in [0.4, 0.5) is 0 Å². The minimum Gasteiger partial charge on any atom is -0.486 e. The molecule has 3 aliphatic rings. The molecule has 3 heterocycles. The molecule has 2 fully saturated rings. The zero-order valence-electron chi connectivity index (χ0n) is 18.1. The number of carbonyl (C=O) groups is 2. The van der Waals surface area contributed by atoms with Crippen LogP contribution in [0.5, 0.6) is 5.75 Å². The zero-order chi connectivity index (χ0) is 21.4. The highest BCUT2D eigenvalue weighted by Crippen LogP contribution is 2.46. The molecule has 1 aliphatic carbocycles. The minimum absolute atomic E-state index is 0.0927. The number of morpholine rings is 1. The number of ether oxygens (including phenoxy) is 2. The van der Waals surface area contributed by atoms with E-state index in [1.807, 2.05) is 19.1 Å². The van der Waals surface area contributed by atoms with Gasteiger partial charge in [0.2, 0.25) is 0 Å². The molecule has 0 bridgehead atoms. The van der Waals surface area contributed by atoms with Crippen LogP contribution in [0.3, 0.4) is 0 Å². The molecule has 166 valence electrons. The van der Waals surface area contributed by atoms with E-state index in [0.717, 1.165) is 65.0 Å². The van der Waals surface area contributed by atoms with E-state index in [1.54, 1.807) is 0 Å². The highest BCUT2D eigenvalue weighted by Gasteiger charge is 2.43. The number of ketones is 1. The third-order valence-electron chi connectivity index (χ3n) is 6.91. The van der Waals surface area contributed by atoms with Crippen molar-refractivity contribution < 1.29 is 23.5 Å². The van der Waals surface area contributed by atoms with Gasteiger partial charge in [-0.3, -0.25) is 14.5 Å². The Morgan fingerprint density at radius 1 is 1.19 bits per heavy atom. The maximum Gasteiger partial charge on any atom is 0.287 e. The largest absolute Gasteiger partial charge is 0.486 e. The third kappa shape index (κ3) is 3.85. The number of rotatable bonds is 5. The van der Waals surface area contributed by atoms with Crippen molar-refractivity contribution in [1.82, 2.24) is 10.2 Å². The van der Waals surface area contributed by atoms with Crippen molar-refractivity contribution in [3.05, 3.63) is 29.0 Å². The summed E-state index contributed by atoms with van der Waals surface area (Å²) in [6, 6.07) is 3.64. The average molecular weight is 427 g/mol. The number of fused-ring (bicyclic) bond motifs is 3. The second kappa shape index (κ2) is 8.28. The Morgan fingerprint density at radius 2 is 1.97 bits per heavy atom. The Bertz CT molecular complexity index is 999. The van der Waals surface area contributed by atoms with Crippen LogP contribution in [-0.2, 0) is 4.74 Å². The Balaban J connectivity index is 1.31. The first-order valence-corrected chi connectivity index (χ1v) is 11.4. The summed E-state index contributed by atoms with van der Waals surface area (Å²) >= 11 is 0. The van der Waals surface area contributed by atoms with Gasteiger partial charge < -0.3 is 19.2 Å². The molecule has 0 radical (unpaired) electrons. The number of hydrogen-bond acceptors (Lipinski definition) is 6. The Kier molecular flexibility index (Phi) is 5.48. The molecule has 1 aromatic heterocycles. The molecule has 1 saturated heterocycles. The van der Waals surface area contributed by atoms with Crippen LogP contribution in [0, 0.1) is 6.92 Å². The Morgan fingerprint density at radius 3 is 2.74 bits per heavy atom. The molecule has 1 saturated carbocycles. The van der Waals surface area contributed by atoms with E-state index >= 15 is 0 Å². The Labute approximate surface area is 182 Å². The first-order valence-electron chi connectivity index (χ1n) is 11.4. The van der Waals surface area contributed by atoms with E-state index in [2.05, 4.69) is 10.2 Å². The molecule has 5 rings (SSSR count). The van der Waals surface area contributed by atoms with Crippen molar-refractivity contribution >= 4 is 22.7 Å². The molecule has 1 spiro atoms. The highest BCUT2D eigenvalue weighted by molar-refractivity contribution is 6.13. The molecule has 7 nitrogen and oxygen atoms in total. The summed E-state index contributed by atoms with van der Waals surface area (Å²) in [5, 5.41) is 3.68. The fourth-order valence-corrected chi connectivity index (χ4v) is 5.26. The van der Waals surface area contributed by atoms with Crippen LogP contribution in [0.15, 0.2) is 16.5 Å². The molecular formula is C24H30N2O5. The lowest BCUT2D eigenvalue weighted by Crippen LogP contribution is -2.39. The van der Waals surface area contributed by atoms with Crippen molar-refractivity contribution in [2.75, 3.05) is 39.4 Å². The summed E-state index contributed by atoms with van der Waals surface area (Å²) in [4.78, 5) is 28.2. The average Bonchev–Trinajstić information content (AvgIpc) is 3.36. The second-order valence-corrected chi connectivity index (χ2v) is 9.02. The first kappa shape index (κ1) is 20.5. The number of aryl methyl sites for hydroxylation is 1. The highest BCUT2D eigenvalue weighted by atomic mass is 16.5. The lowest BCUT2D eigenvalue weighted by atomic mass is 9.87. The number of Topliss-reactive ketones (excluding diaryl/α,β-unsaturated/α-hetero) is 1. The topological polar surface area (TPSA) is 81.0 Å². The number of amides is 1. The molecule has 7 heteroatoms. The van der Waals surface area contributed by atoms with Gasteiger partial charge in [0.05, 0.1) is 25.2 Å². The number of nitrogens with zero attached hydrogens (tertiary/aromatic N) is 1. The lowest BCUT2D eigenvalue weighted by Gasteiger charge is -2.34. The van der Waals surface area contributed by atoms with Crippen LogP contribution < -0.4 is 10.1 Å². The van der Waals surface area contributed by atoms with Gasteiger partial charge >= 0.3 is 0 Å². The van der Waals surface area contributed by atoms with Crippen molar-refractivity contribution in [3.63, 3.8) is 0 Å². The summed E-state index contributed by atoms with van der Waals surface area (Å²) in [5.41, 5.74) is 1.50. The first-order chi connectivity index (χ1) is 15.1. The van der Waals surface area contributed by atoms with Gasteiger partial charge in [-0.15, -0.1) is 0 Å². The van der Waals surface area contributed by atoms with Crippen LogP contribution in [0.2, 0.25) is 0 Å². The number of benzene rings is 1. The molecule has 1 N–H and O–H groups in total. The normalized spacial score (nSPS) is 20.7. The third-order valence-corrected chi connectivity index (χ3v) is 6.91. The number of carbonyl (C=O) groups excluding carboxylic acids is 2. The zero-order valence-corrected chi connectivity index (χ0v) is 18.1. The Hall–Kier alpha value is -2.38. The quantitative estimate of drug-likeness (QED) is 0.738. The molecule has 1 amide bonds. The molecule has 0 unspecified atom stereocenters. The number of hydrogen-bond donors (Lipinski definition) is 1. The van der Waals surface area contributed by atoms with Crippen molar-refractivity contribution in [1.29, 1.82) is 0 Å². The van der Waals surface area contributed by atoms with E-state index in [4.69, 9.17) is 13.9 Å². The van der Waals surface area contributed by atoms with Gasteiger partial charge in [0.15, 0.2) is 11.5 Å². The second-order valence-electron chi connectivity index (χ2n) is 9.02. The minimum atomic E-state index is -0.337. The van der Waals surface area contributed by atoms with Gasteiger partial charge in [-0.2, -0.15) is 0 Å². The van der Waals surface area contributed by atoms with Gasteiger partial charge in [0.25, 0.3) is 5.91 Å². The van der Waals surface area contributed by atoms with Gasteiger partial charge in [-0.1, -0.05) is 0 Å². The number of nitrogens with one attached hydrogen (secondary N) is 1. The van der Waals surface area contributed by atoms with Crippen molar-refractivity contribution in [2.45, 2.75) is 51.0 Å². The summed E-state index contributed by atoms with van der Waals surface area (Å²) in [7, 11) is 0. The van der Waals surface area contributed by atoms with E-state index < -0.39 is 0 Å². The van der Waals surface area contributed by atoms with Crippen LogP contribution in [0.1, 0.15) is 65.0 Å². The fourth-order valence-electron chi connectivity index (χ4n) is 5.26. The van der Waals surface area contributed by atoms with Gasteiger partial charge in [0.1, 0.15) is 16.9 Å². The molecule has 31 heavy (non-hydrogen) atoms. The predicted molar refractivity (Wildman–Crippen MR) is 116 cm³/mol. The summed E-state index contributed by atoms with van der Waals surface area (Å²) in [5.74, 6) is 0.770. The van der Waals surface area contributed by atoms with E-state index in [0.29, 0.717) is 40.8 Å². The van der Waals surface area contributed by atoms with Crippen LogP contribution in [-0.4, -0.2) is 61.6 Å². The molecule has 0 atom stereocenters. The molecule has 2 aromatic rings. The smallest absolute Gasteiger partial charge is 0.287 e. The van der Waals surface area contributed by atoms with E-state index in [9.17, 15) is 9.59 Å². The maximum absolute atomic E-state index is 13.1. The molecule has 1 aromatic carbocycles. The SMILES string of the molecule is Cc1c(C(=O)NCCCN2CCOCC2)oc2ccc3c(c12)C(=O)CC1(CCCC1)O3.